The van der Waals surface area contributed by atoms with Gasteiger partial charge in [-0.05, 0) is 105 Å². The first-order chi connectivity index (χ1) is 12.6. The van der Waals surface area contributed by atoms with Gasteiger partial charge in [-0.2, -0.15) is 0 Å². The predicted octanol–water partition coefficient (Wildman–Crippen LogP) is 7.65. The Bertz CT molecular complexity index is 539. The molecule has 144 valence electrons. The molecule has 1 aromatic rings. The molecule has 2 aliphatic rings. The molecule has 1 aromatic carbocycles. The van der Waals surface area contributed by atoms with E-state index >= 15 is 0 Å². The van der Waals surface area contributed by atoms with Gasteiger partial charge in [-0.25, -0.2) is 4.39 Å². The molecule has 0 spiro atoms. The van der Waals surface area contributed by atoms with Gasteiger partial charge in [-0.3, -0.25) is 0 Å². The molecule has 1 heteroatoms. The van der Waals surface area contributed by atoms with Crippen LogP contribution in [0.25, 0.3) is 0 Å². The molecule has 0 heterocycles. The molecule has 2 aliphatic carbocycles. The quantitative estimate of drug-likeness (QED) is 0.440. The van der Waals surface area contributed by atoms with Gasteiger partial charge in [0.1, 0.15) is 5.82 Å². The molecule has 0 radical (unpaired) electrons. The molecule has 0 nitrogen and oxygen atoms in total. The molecule has 0 aliphatic heterocycles. The van der Waals surface area contributed by atoms with Gasteiger partial charge in [0.15, 0.2) is 0 Å². The standard InChI is InChI=1S/C25H37F/c1-3-4-5-20-8-12-23(13-9-20)24-14-10-21(11-15-24)6-7-22-16-19(2)17-25(26)18-22/h3,16-18,20-21,23-24H,1,4-15H2,2H3. The summed E-state index contributed by atoms with van der Waals surface area (Å²) in [6.07, 6.45) is 18.5. The lowest BCUT2D eigenvalue weighted by atomic mass is 9.68. The van der Waals surface area contributed by atoms with Crippen LogP contribution in [0.3, 0.4) is 0 Å². The fourth-order valence-corrected chi connectivity index (χ4v) is 5.58. The van der Waals surface area contributed by atoms with Crippen molar-refractivity contribution >= 4 is 0 Å². The summed E-state index contributed by atoms with van der Waals surface area (Å²) in [7, 11) is 0. The fraction of sp³-hybridized carbons (Fsp3) is 0.680. The second-order valence-electron chi connectivity index (χ2n) is 9.10. The van der Waals surface area contributed by atoms with Crippen LogP contribution in [0.2, 0.25) is 0 Å². The number of hydrogen-bond donors (Lipinski definition) is 0. The van der Waals surface area contributed by atoms with E-state index in [1.54, 1.807) is 12.1 Å². The average Bonchev–Trinajstić information content (AvgIpc) is 2.65. The van der Waals surface area contributed by atoms with Crippen molar-refractivity contribution in [2.75, 3.05) is 0 Å². The highest BCUT2D eigenvalue weighted by atomic mass is 19.1. The summed E-state index contributed by atoms with van der Waals surface area (Å²) < 4.78 is 13.5. The SMILES string of the molecule is C=CCCC1CCC(C2CCC(CCc3cc(C)cc(F)c3)CC2)CC1. The molecule has 2 saturated carbocycles. The Morgan fingerprint density at radius 2 is 1.46 bits per heavy atom. The maximum absolute atomic E-state index is 13.5. The fourth-order valence-electron chi connectivity index (χ4n) is 5.58. The van der Waals surface area contributed by atoms with Gasteiger partial charge >= 0.3 is 0 Å². The molecular formula is C25H37F. The summed E-state index contributed by atoms with van der Waals surface area (Å²) in [5.74, 6) is 3.74. The van der Waals surface area contributed by atoms with E-state index in [1.165, 1.54) is 76.2 Å². The number of hydrogen-bond acceptors (Lipinski definition) is 0. The molecule has 3 rings (SSSR count). The van der Waals surface area contributed by atoms with E-state index in [1.807, 2.05) is 6.92 Å². The largest absolute Gasteiger partial charge is 0.207 e. The second kappa shape index (κ2) is 9.72. The van der Waals surface area contributed by atoms with Crippen molar-refractivity contribution in [2.24, 2.45) is 23.7 Å². The zero-order valence-corrected chi connectivity index (χ0v) is 16.7. The normalized spacial score (nSPS) is 29.5. The van der Waals surface area contributed by atoms with Crippen LogP contribution in [0.4, 0.5) is 4.39 Å². The van der Waals surface area contributed by atoms with E-state index in [2.05, 4.69) is 18.7 Å². The summed E-state index contributed by atoms with van der Waals surface area (Å²) in [6.45, 7) is 5.85. The topological polar surface area (TPSA) is 0 Å². The molecule has 0 aromatic heterocycles. The Labute approximate surface area is 160 Å². The van der Waals surface area contributed by atoms with Gasteiger partial charge in [0.25, 0.3) is 0 Å². The summed E-state index contributed by atoms with van der Waals surface area (Å²) in [5, 5.41) is 0. The van der Waals surface area contributed by atoms with Crippen LogP contribution < -0.4 is 0 Å². The van der Waals surface area contributed by atoms with Crippen LogP contribution in [0.15, 0.2) is 30.9 Å². The van der Waals surface area contributed by atoms with Crippen molar-refractivity contribution in [1.82, 2.24) is 0 Å². The summed E-state index contributed by atoms with van der Waals surface area (Å²) in [6, 6.07) is 5.50. The minimum absolute atomic E-state index is 0.0765. The molecule has 0 bridgehead atoms. The number of aryl methyl sites for hydroxylation is 2. The smallest absolute Gasteiger partial charge is 0.123 e. The number of benzene rings is 1. The van der Waals surface area contributed by atoms with E-state index in [0.29, 0.717) is 0 Å². The first-order valence-electron chi connectivity index (χ1n) is 11.0. The Morgan fingerprint density at radius 3 is 2.00 bits per heavy atom. The Hall–Kier alpha value is -1.11. The van der Waals surface area contributed by atoms with Gasteiger partial charge in [0, 0.05) is 0 Å². The lowest BCUT2D eigenvalue weighted by molar-refractivity contribution is 0.141. The number of allylic oxidation sites excluding steroid dienone is 1. The summed E-state index contributed by atoms with van der Waals surface area (Å²) >= 11 is 0. The number of rotatable bonds is 7. The van der Waals surface area contributed by atoms with Crippen molar-refractivity contribution in [2.45, 2.75) is 84.0 Å². The highest BCUT2D eigenvalue weighted by Gasteiger charge is 2.30. The molecule has 0 N–H and O–H groups in total. The van der Waals surface area contributed by atoms with Crippen molar-refractivity contribution in [1.29, 1.82) is 0 Å². The maximum Gasteiger partial charge on any atom is 0.123 e. The van der Waals surface area contributed by atoms with Crippen molar-refractivity contribution in [3.05, 3.63) is 47.8 Å². The molecule has 0 atom stereocenters. The maximum atomic E-state index is 13.5. The van der Waals surface area contributed by atoms with Gasteiger partial charge in [0.2, 0.25) is 0 Å². The zero-order valence-electron chi connectivity index (χ0n) is 16.7. The minimum atomic E-state index is -0.0765. The molecule has 2 fully saturated rings. The highest BCUT2D eigenvalue weighted by Crippen LogP contribution is 2.43. The Morgan fingerprint density at radius 1 is 0.885 bits per heavy atom. The van der Waals surface area contributed by atoms with Crippen LogP contribution in [0.1, 0.15) is 81.8 Å². The number of halogens is 1. The first-order valence-corrected chi connectivity index (χ1v) is 11.0. The predicted molar refractivity (Wildman–Crippen MR) is 110 cm³/mol. The lowest BCUT2D eigenvalue weighted by Gasteiger charge is -2.38. The first kappa shape index (κ1) is 19.6. The van der Waals surface area contributed by atoms with E-state index in [9.17, 15) is 4.39 Å². The van der Waals surface area contributed by atoms with E-state index in [-0.39, 0.29) is 5.82 Å². The van der Waals surface area contributed by atoms with Gasteiger partial charge in [-0.15, -0.1) is 6.58 Å². The third-order valence-corrected chi connectivity index (χ3v) is 7.17. The lowest BCUT2D eigenvalue weighted by Crippen LogP contribution is -2.26. The van der Waals surface area contributed by atoms with Crippen molar-refractivity contribution in [3.8, 4) is 0 Å². The minimum Gasteiger partial charge on any atom is -0.207 e. The van der Waals surface area contributed by atoms with Crippen LogP contribution in [-0.2, 0) is 6.42 Å². The zero-order chi connectivity index (χ0) is 18.4. The average molecular weight is 357 g/mol. The van der Waals surface area contributed by atoms with E-state index in [0.717, 1.165) is 35.7 Å². The third kappa shape index (κ3) is 5.69. The van der Waals surface area contributed by atoms with E-state index in [4.69, 9.17) is 0 Å². The van der Waals surface area contributed by atoms with Crippen LogP contribution in [-0.4, -0.2) is 0 Å². The van der Waals surface area contributed by atoms with Crippen molar-refractivity contribution in [3.63, 3.8) is 0 Å². The van der Waals surface area contributed by atoms with Gasteiger partial charge < -0.3 is 0 Å². The molecule has 0 amide bonds. The Kier molecular flexibility index (Phi) is 7.34. The van der Waals surface area contributed by atoms with Gasteiger partial charge in [-0.1, -0.05) is 37.8 Å². The van der Waals surface area contributed by atoms with Crippen LogP contribution >= 0.6 is 0 Å². The summed E-state index contributed by atoms with van der Waals surface area (Å²) in [4.78, 5) is 0. The molecular weight excluding hydrogens is 319 g/mol. The molecule has 0 unspecified atom stereocenters. The Balaban J connectivity index is 1.37. The second-order valence-corrected chi connectivity index (χ2v) is 9.10. The van der Waals surface area contributed by atoms with Crippen LogP contribution in [0, 0.1) is 36.4 Å². The molecule has 0 saturated heterocycles. The van der Waals surface area contributed by atoms with Crippen molar-refractivity contribution < 1.29 is 4.39 Å². The third-order valence-electron chi connectivity index (χ3n) is 7.17. The monoisotopic (exact) mass is 356 g/mol. The highest BCUT2D eigenvalue weighted by molar-refractivity contribution is 5.23. The molecule has 26 heavy (non-hydrogen) atoms. The van der Waals surface area contributed by atoms with Gasteiger partial charge in [0.05, 0.1) is 0 Å². The van der Waals surface area contributed by atoms with Crippen LogP contribution in [0.5, 0.6) is 0 Å². The van der Waals surface area contributed by atoms with E-state index < -0.39 is 0 Å². The summed E-state index contributed by atoms with van der Waals surface area (Å²) in [5.41, 5.74) is 2.23.